The summed E-state index contributed by atoms with van der Waals surface area (Å²) >= 11 is 3.43. The van der Waals surface area contributed by atoms with Gasteiger partial charge in [0, 0.05) is 10.0 Å². The number of benzene rings is 2. The zero-order chi connectivity index (χ0) is 12.4. The van der Waals surface area contributed by atoms with Gasteiger partial charge in [-0.15, -0.1) is 0 Å². The molecule has 4 heteroatoms. The van der Waals surface area contributed by atoms with E-state index in [1.165, 1.54) is 0 Å². The number of aliphatic hydroxyl groups is 1. The van der Waals surface area contributed by atoms with E-state index in [1.54, 1.807) is 7.11 Å². The number of ether oxygens (including phenoxy) is 1. The van der Waals surface area contributed by atoms with Crippen LogP contribution in [0.2, 0.25) is 0 Å². The van der Waals surface area contributed by atoms with Crippen molar-refractivity contribution in [2.45, 2.75) is 6.04 Å². The summed E-state index contributed by atoms with van der Waals surface area (Å²) in [4.78, 5) is 0. The summed E-state index contributed by atoms with van der Waals surface area (Å²) in [5.74, 6) is 0.710. The molecule has 0 aromatic heterocycles. The minimum atomic E-state index is -0.435. The van der Waals surface area contributed by atoms with Crippen molar-refractivity contribution in [2.75, 3.05) is 13.7 Å². The van der Waals surface area contributed by atoms with E-state index in [-0.39, 0.29) is 6.61 Å². The third-order valence-corrected chi connectivity index (χ3v) is 3.26. The number of fused-ring (bicyclic) bond motifs is 1. The Morgan fingerprint density at radius 2 is 2.12 bits per heavy atom. The first-order valence-corrected chi connectivity index (χ1v) is 6.09. The highest BCUT2D eigenvalue weighted by Gasteiger charge is 2.14. The van der Waals surface area contributed by atoms with E-state index >= 15 is 0 Å². The third-order valence-electron chi connectivity index (χ3n) is 2.77. The smallest absolute Gasteiger partial charge is 0.124 e. The molecule has 0 fully saturated rings. The van der Waals surface area contributed by atoms with Crippen molar-refractivity contribution >= 4 is 26.7 Å². The second-order valence-electron chi connectivity index (χ2n) is 3.84. The average Bonchev–Trinajstić information content (AvgIpc) is 2.36. The Morgan fingerprint density at radius 3 is 2.76 bits per heavy atom. The summed E-state index contributed by atoms with van der Waals surface area (Å²) in [6.45, 7) is -0.106. The fraction of sp³-hybridized carbons (Fsp3) is 0.231. The van der Waals surface area contributed by atoms with Gasteiger partial charge in [-0.05, 0) is 29.0 Å². The summed E-state index contributed by atoms with van der Waals surface area (Å²) in [5.41, 5.74) is 6.78. The molecule has 2 aromatic rings. The van der Waals surface area contributed by atoms with Crippen LogP contribution in [0.5, 0.6) is 5.75 Å². The summed E-state index contributed by atoms with van der Waals surface area (Å²) in [6.07, 6.45) is 0. The molecule has 2 rings (SSSR count). The lowest BCUT2D eigenvalue weighted by Gasteiger charge is -2.16. The van der Waals surface area contributed by atoms with Crippen molar-refractivity contribution in [1.82, 2.24) is 0 Å². The van der Waals surface area contributed by atoms with E-state index in [1.807, 2.05) is 30.3 Å². The predicted molar refractivity (Wildman–Crippen MR) is 72.2 cm³/mol. The van der Waals surface area contributed by atoms with Crippen LogP contribution in [0.3, 0.4) is 0 Å². The molecule has 0 aliphatic rings. The molecule has 0 heterocycles. The molecule has 3 N–H and O–H groups in total. The summed E-state index contributed by atoms with van der Waals surface area (Å²) in [7, 11) is 1.60. The highest BCUT2D eigenvalue weighted by molar-refractivity contribution is 9.10. The van der Waals surface area contributed by atoms with Crippen molar-refractivity contribution in [3.8, 4) is 5.75 Å². The van der Waals surface area contributed by atoms with Gasteiger partial charge in [-0.25, -0.2) is 0 Å². The van der Waals surface area contributed by atoms with E-state index in [2.05, 4.69) is 15.9 Å². The van der Waals surface area contributed by atoms with Gasteiger partial charge in [-0.3, -0.25) is 0 Å². The molecule has 0 radical (unpaired) electrons. The van der Waals surface area contributed by atoms with Crippen molar-refractivity contribution in [1.29, 1.82) is 0 Å². The van der Waals surface area contributed by atoms with Crippen molar-refractivity contribution in [3.63, 3.8) is 0 Å². The van der Waals surface area contributed by atoms with Crippen molar-refractivity contribution in [3.05, 3.63) is 40.4 Å². The maximum absolute atomic E-state index is 9.23. The van der Waals surface area contributed by atoms with E-state index in [0.29, 0.717) is 5.75 Å². The lowest BCUT2D eigenvalue weighted by molar-refractivity contribution is 0.265. The number of aliphatic hydroxyl groups excluding tert-OH is 1. The molecule has 0 bridgehead atoms. The molecule has 0 aliphatic carbocycles. The minimum Gasteiger partial charge on any atom is -0.496 e. The first kappa shape index (κ1) is 12.4. The topological polar surface area (TPSA) is 55.5 Å². The Kier molecular flexibility index (Phi) is 3.66. The van der Waals surface area contributed by atoms with E-state index < -0.39 is 6.04 Å². The predicted octanol–water partition coefficient (Wildman–Crippen LogP) is 2.60. The van der Waals surface area contributed by atoms with Crippen LogP contribution >= 0.6 is 15.9 Å². The molecule has 0 aliphatic heterocycles. The highest BCUT2D eigenvalue weighted by Crippen LogP contribution is 2.33. The fourth-order valence-electron chi connectivity index (χ4n) is 1.96. The molecule has 0 amide bonds. The van der Waals surface area contributed by atoms with E-state index in [4.69, 9.17) is 10.5 Å². The van der Waals surface area contributed by atoms with Crippen molar-refractivity contribution < 1.29 is 9.84 Å². The van der Waals surface area contributed by atoms with E-state index in [0.717, 1.165) is 20.8 Å². The number of rotatable bonds is 3. The van der Waals surface area contributed by atoms with Crippen LogP contribution < -0.4 is 10.5 Å². The number of hydrogen-bond donors (Lipinski definition) is 2. The molecule has 90 valence electrons. The van der Waals surface area contributed by atoms with Gasteiger partial charge in [-0.2, -0.15) is 0 Å². The molecule has 17 heavy (non-hydrogen) atoms. The van der Waals surface area contributed by atoms with Crippen LogP contribution in [0.1, 0.15) is 11.6 Å². The summed E-state index contributed by atoms with van der Waals surface area (Å²) in [5, 5.41) is 11.3. The van der Waals surface area contributed by atoms with Gasteiger partial charge in [0.2, 0.25) is 0 Å². The van der Waals surface area contributed by atoms with Gasteiger partial charge in [0.05, 0.1) is 19.8 Å². The number of nitrogens with two attached hydrogens (primary N) is 1. The van der Waals surface area contributed by atoms with Gasteiger partial charge < -0.3 is 15.6 Å². The number of hydrogen-bond acceptors (Lipinski definition) is 3. The summed E-state index contributed by atoms with van der Waals surface area (Å²) in [6, 6.07) is 9.37. The van der Waals surface area contributed by atoms with Crippen molar-refractivity contribution in [2.24, 2.45) is 5.73 Å². The summed E-state index contributed by atoms with van der Waals surface area (Å²) < 4.78 is 6.32. The Balaban J connectivity index is 2.74. The van der Waals surface area contributed by atoms with Crippen LogP contribution in [0.15, 0.2) is 34.8 Å². The van der Waals surface area contributed by atoms with Crippen LogP contribution in [-0.2, 0) is 0 Å². The molecule has 1 unspecified atom stereocenters. The van der Waals surface area contributed by atoms with E-state index in [9.17, 15) is 5.11 Å². The fourth-order valence-corrected chi connectivity index (χ4v) is 2.34. The molecule has 0 saturated carbocycles. The maximum atomic E-state index is 9.23. The molecule has 2 aromatic carbocycles. The normalized spacial score (nSPS) is 12.7. The zero-order valence-electron chi connectivity index (χ0n) is 9.48. The van der Waals surface area contributed by atoms with Gasteiger partial charge in [-0.1, -0.05) is 28.1 Å². The lowest BCUT2D eigenvalue weighted by Crippen LogP contribution is -2.16. The quantitative estimate of drug-likeness (QED) is 0.915. The molecule has 0 spiro atoms. The standard InChI is InChI=1S/C13H14BrNO2/c1-17-12-5-2-8-6-9(14)3-4-10(8)13(12)11(15)7-16/h2-6,11,16H,7,15H2,1H3. The second kappa shape index (κ2) is 5.04. The first-order chi connectivity index (χ1) is 8.17. The Morgan fingerprint density at radius 1 is 1.35 bits per heavy atom. The van der Waals surface area contributed by atoms with Gasteiger partial charge in [0.15, 0.2) is 0 Å². The Hall–Kier alpha value is -1.10. The average molecular weight is 296 g/mol. The SMILES string of the molecule is COc1ccc2cc(Br)ccc2c1C(N)CO. The molecular formula is C13H14BrNO2. The molecule has 1 atom stereocenters. The van der Waals surface area contributed by atoms with Crippen LogP contribution in [0, 0.1) is 0 Å². The molecule has 0 saturated heterocycles. The van der Waals surface area contributed by atoms with Crippen LogP contribution in [0.25, 0.3) is 10.8 Å². The van der Waals surface area contributed by atoms with Crippen LogP contribution in [-0.4, -0.2) is 18.8 Å². The molecular weight excluding hydrogens is 282 g/mol. The number of halogens is 1. The third kappa shape index (κ3) is 2.29. The largest absolute Gasteiger partial charge is 0.496 e. The Labute approximate surface area is 108 Å². The lowest BCUT2D eigenvalue weighted by atomic mass is 9.98. The Bertz CT molecular complexity index is 542. The zero-order valence-corrected chi connectivity index (χ0v) is 11.1. The van der Waals surface area contributed by atoms with Gasteiger partial charge in [0.1, 0.15) is 5.75 Å². The van der Waals surface area contributed by atoms with Gasteiger partial charge in [0.25, 0.3) is 0 Å². The monoisotopic (exact) mass is 295 g/mol. The van der Waals surface area contributed by atoms with Crippen LogP contribution in [0.4, 0.5) is 0 Å². The highest BCUT2D eigenvalue weighted by atomic mass is 79.9. The first-order valence-electron chi connectivity index (χ1n) is 5.30. The number of methoxy groups -OCH3 is 1. The van der Waals surface area contributed by atoms with Gasteiger partial charge >= 0.3 is 0 Å². The minimum absolute atomic E-state index is 0.106. The second-order valence-corrected chi connectivity index (χ2v) is 4.75. The maximum Gasteiger partial charge on any atom is 0.124 e. The molecule has 3 nitrogen and oxygen atoms in total.